The van der Waals surface area contributed by atoms with Crippen molar-refractivity contribution in [3.63, 3.8) is 0 Å². The van der Waals surface area contributed by atoms with Crippen LogP contribution in [0.4, 0.5) is 0 Å². The molecule has 1 aliphatic carbocycles. The molecule has 0 heterocycles. The Hall–Kier alpha value is -0.570. The van der Waals surface area contributed by atoms with Crippen LogP contribution in [-0.2, 0) is 15.0 Å². The number of rotatable bonds is 1. The van der Waals surface area contributed by atoms with Crippen LogP contribution in [-0.4, -0.2) is 15.4 Å². The number of benzene rings is 1. The molecular weight excluding hydrogens is 331 g/mol. The summed E-state index contributed by atoms with van der Waals surface area (Å²) >= 11 is 18.3. The fraction of sp³-hybridized carbons (Fsp3) is 0.500. The largest absolute Gasteiger partial charge is 0.298 e. The van der Waals surface area contributed by atoms with Crippen molar-refractivity contribution < 1.29 is 9.59 Å². The van der Waals surface area contributed by atoms with Crippen LogP contribution >= 0.6 is 34.8 Å². The molecule has 1 aromatic rings. The zero-order valence-corrected chi connectivity index (χ0v) is 14.4. The van der Waals surface area contributed by atoms with Gasteiger partial charge < -0.3 is 0 Å². The average molecular weight is 348 g/mol. The molecule has 0 N–H and O–H groups in total. The molecular formula is C16H17Cl3O2. The van der Waals surface area contributed by atoms with Gasteiger partial charge in [-0.2, -0.15) is 0 Å². The minimum Gasteiger partial charge on any atom is -0.298 e. The molecule has 2 nitrogen and oxygen atoms in total. The van der Waals surface area contributed by atoms with Gasteiger partial charge in [-0.25, -0.2) is 0 Å². The zero-order chi connectivity index (χ0) is 16.1. The Bertz CT molecular complexity index is 563. The molecule has 1 saturated carbocycles. The first-order valence-electron chi connectivity index (χ1n) is 6.71. The van der Waals surface area contributed by atoms with Crippen molar-refractivity contribution in [2.75, 3.05) is 0 Å². The Morgan fingerprint density at radius 2 is 1.38 bits per heavy atom. The number of halogens is 3. The van der Waals surface area contributed by atoms with E-state index in [0.29, 0.717) is 5.56 Å². The molecule has 114 valence electrons. The van der Waals surface area contributed by atoms with E-state index >= 15 is 0 Å². The summed E-state index contributed by atoms with van der Waals surface area (Å²) in [6, 6.07) is 7.03. The highest BCUT2D eigenvalue weighted by Crippen LogP contribution is 2.54. The summed E-state index contributed by atoms with van der Waals surface area (Å²) in [5, 5.41) is 0. The van der Waals surface area contributed by atoms with Gasteiger partial charge in [-0.1, -0.05) is 78.5 Å². The number of alkyl halides is 3. The number of Topliss-reactive ketones (excluding diaryl/α,β-unsaturated/α-hetero) is 2. The number of carbonyl (C=O) groups excluding carboxylic acids is 2. The molecule has 5 heteroatoms. The van der Waals surface area contributed by atoms with Gasteiger partial charge in [-0.15, -0.1) is 0 Å². The van der Waals surface area contributed by atoms with Crippen LogP contribution in [0.1, 0.15) is 37.8 Å². The summed E-state index contributed by atoms with van der Waals surface area (Å²) in [4.78, 5) is 25.6. The lowest BCUT2D eigenvalue weighted by atomic mass is 9.61. The Kier molecular flexibility index (Phi) is 4.20. The van der Waals surface area contributed by atoms with Crippen molar-refractivity contribution >= 4 is 46.4 Å². The van der Waals surface area contributed by atoms with Gasteiger partial charge in [-0.05, 0) is 17.9 Å². The second-order valence-electron chi connectivity index (χ2n) is 6.48. The second-order valence-corrected chi connectivity index (χ2v) is 8.76. The Balaban J connectivity index is 2.67. The summed E-state index contributed by atoms with van der Waals surface area (Å²) in [5.74, 6) is -0.653. The third kappa shape index (κ3) is 2.74. The molecule has 0 saturated heterocycles. The van der Waals surface area contributed by atoms with Gasteiger partial charge in [0, 0.05) is 12.8 Å². The molecule has 0 unspecified atom stereocenters. The monoisotopic (exact) mass is 346 g/mol. The normalized spacial score (nSPS) is 21.4. The van der Waals surface area contributed by atoms with Crippen molar-refractivity contribution in [3.8, 4) is 0 Å². The lowest BCUT2D eigenvalue weighted by Gasteiger charge is -2.44. The maximum Gasteiger partial charge on any atom is 0.213 e. The van der Waals surface area contributed by atoms with Crippen LogP contribution in [0.15, 0.2) is 24.3 Å². The number of ketones is 2. The van der Waals surface area contributed by atoms with Crippen LogP contribution in [0.25, 0.3) is 0 Å². The van der Waals surface area contributed by atoms with Gasteiger partial charge in [0.15, 0.2) is 17.0 Å². The zero-order valence-electron chi connectivity index (χ0n) is 12.2. The fourth-order valence-corrected chi connectivity index (χ4v) is 3.92. The molecule has 0 radical (unpaired) electrons. The van der Waals surface area contributed by atoms with E-state index in [9.17, 15) is 9.59 Å². The van der Waals surface area contributed by atoms with E-state index in [0.717, 1.165) is 5.56 Å². The maximum absolute atomic E-state index is 12.8. The van der Waals surface area contributed by atoms with Crippen molar-refractivity contribution in [1.82, 2.24) is 0 Å². The summed E-state index contributed by atoms with van der Waals surface area (Å²) in [5.41, 5.74) is -0.646. The van der Waals surface area contributed by atoms with Crippen LogP contribution in [0.5, 0.6) is 0 Å². The lowest BCUT2D eigenvalue weighted by molar-refractivity contribution is -0.142. The summed E-state index contributed by atoms with van der Waals surface area (Å²) in [6.45, 7) is 5.67. The topological polar surface area (TPSA) is 34.1 Å². The van der Waals surface area contributed by atoms with Crippen molar-refractivity contribution in [3.05, 3.63) is 35.4 Å². The van der Waals surface area contributed by atoms with E-state index in [4.69, 9.17) is 34.8 Å². The first-order valence-corrected chi connectivity index (χ1v) is 7.84. The average Bonchev–Trinajstić information content (AvgIpc) is 2.27. The Morgan fingerprint density at radius 3 is 1.76 bits per heavy atom. The van der Waals surface area contributed by atoms with E-state index < -0.39 is 14.6 Å². The van der Waals surface area contributed by atoms with E-state index in [1.165, 1.54) is 0 Å². The van der Waals surface area contributed by atoms with Crippen molar-refractivity contribution in [2.24, 2.45) is 5.41 Å². The molecule has 1 fully saturated rings. The van der Waals surface area contributed by atoms with Gasteiger partial charge in [0.2, 0.25) is 3.79 Å². The molecule has 1 aromatic carbocycles. The number of aryl methyl sites for hydroxylation is 1. The summed E-state index contributed by atoms with van der Waals surface area (Å²) in [6.07, 6.45) is 0.418. The van der Waals surface area contributed by atoms with Crippen LogP contribution in [0.2, 0.25) is 0 Å². The van der Waals surface area contributed by atoms with Crippen LogP contribution in [0, 0.1) is 12.3 Å². The van der Waals surface area contributed by atoms with E-state index in [-0.39, 0.29) is 24.4 Å². The van der Waals surface area contributed by atoms with E-state index in [2.05, 4.69) is 0 Å². The number of carbonyl (C=O) groups is 2. The standard InChI is InChI=1S/C16H17Cl3O2/c1-10-4-6-11(7-5-10)15(16(17,18)19)12(20)8-14(2,3)9-13(15)21/h4-7H,8-9H2,1-3H3. The molecule has 1 aliphatic rings. The molecule has 0 atom stereocenters. The summed E-state index contributed by atoms with van der Waals surface area (Å²) in [7, 11) is 0. The Morgan fingerprint density at radius 1 is 0.952 bits per heavy atom. The fourth-order valence-electron chi connectivity index (χ4n) is 2.96. The number of hydrogen-bond donors (Lipinski definition) is 0. The van der Waals surface area contributed by atoms with Gasteiger partial charge in [0.25, 0.3) is 0 Å². The van der Waals surface area contributed by atoms with Gasteiger partial charge in [-0.3, -0.25) is 9.59 Å². The highest BCUT2D eigenvalue weighted by Gasteiger charge is 2.63. The predicted octanol–water partition coefficient (Wildman–Crippen LogP) is 4.56. The lowest BCUT2D eigenvalue weighted by Crippen LogP contribution is -2.58. The smallest absolute Gasteiger partial charge is 0.213 e. The van der Waals surface area contributed by atoms with Gasteiger partial charge in [0.05, 0.1) is 0 Å². The van der Waals surface area contributed by atoms with E-state index in [1.54, 1.807) is 12.1 Å². The highest BCUT2D eigenvalue weighted by molar-refractivity contribution is 6.71. The minimum atomic E-state index is -2.01. The maximum atomic E-state index is 12.8. The second kappa shape index (κ2) is 5.26. The molecule has 0 aromatic heterocycles. The minimum absolute atomic E-state index is 0.209. The van der Waals surface area contributed by atoms with Crippen LogP contribution in [0.3, 0.4) is 0 Å². The van der Waals surface area contributed by atoms with Crippen molar-refractivity contribution in [1.29, 1.82) is 0 Å². The molecule has 0 amide bonds. The third-order valence-electron chi connectivity index (χ3n) is 4.02. The van der Waals surface area contributed by atoms with Gasteiger partial charge in [0.1, 0.15) is 0 Å². The number of hydrogen-bond acceptors (Lipinski definition) is 2. The first kappa shape index (κ1) is 16.8. The quantitative estimate of drug-likeness (QED) is 0.551. The summed E-state index contributed by atoms with van der Waals surface area (Å²) < 4.78 is -2.01. The highest BCUT2D eigenvalue weighted by atomic mass is 35.6. The third-order valence-corrected chi connectivity index (χ3v) is 4.87. The molecule has 21 heavy (non-hydrogen) atoms. The molecule has 0 spiro atoms. The van der Waals surface area contributed by atoms with Crippen LogP contribution < -0.4 is 0 Å². The SMILES string of the molecule is Cc1ccc(C2(C(Cl)(Cl)Cl)C(=O)CC(C)(C)CC2=O)cc1. The van der Waals surface area contributed by atoms with Crippen molar-refractivity contribution in [2.45, 2.75) is 42.8 Å². The van der Waals surface area contributed by atoms with Gasteiger partial charge >= 0.3 is 0 Å². The molecule has 2 rings (SSSR count). The molecule has 0 aliphatic heterocycles. The first-order chi connectivity index (χ1) is 9.50. The Labute approximate surface area is 139 Å². The predicted molar refractivity (Wildman–Crippen MR) is 86.2 cm³/mol. The van der Waals surface area contributed by atoms with E-state index in [1.807, 2.05) is 32.9 Å². The molecule has 0 bridgehead atoms.